The normalized spacial score (nSPS) is 14.5. The van der Waals surface area contributed by atoms with Gasteiger partial charge in [0, 0.05) is 17.4 Å². The lowest BCUT2D eigenvalue weighted by atomic mass is 10.0. The molecule has 1 aliphatic carbocycles. The largest absolute Gasteiger partial charge is 0.477 e. The molecule has 3 aromatic rings. The molecule has 0 atom stereocenters. The second-order valence-electron chi connectivity index (χ2n) is 7.63. The predicted molar refractivity (Wildman–Crippen MR) is 120 cm³/mol. The molecule has 0 spiro atoms. The lowest BCUT2D eigenvalue weighted by Crippen LogP contribution is -2.35. The Hall–Kier alpha value is -3.67. The Morgan fingerprint density at radius 2 is 1.97 bits per heavy atom. The summed E-state index contributed by atoms with van der Waals surface area (Å²) in [5.41, 5.74) is 1.27. The van der Waals surface area contributed by atoms with E-state index in [1.54, 1.807) is 24.4 Å². The van der Waals surface area contributed by atoms with Gasteiger partial charge >= 0.3 is 5.76 Å². The highest BCUT2D eigenvalue weighted by molar-refractivity contribution is 7.93. The van der Waals surface area contributed by atoms with E-state index >= 15 is 0 Å². The van der Waals surface area contributed by atoms with Crippen molar-refractivity contribution in [2.45, 2.75) is 31.1 Å². The summed E-state index contributed by atoms with van der Waals surface area (Å²) in [6, 6.07) is 9.30. The molecule has 1 fully saturated rings. The zero-order chi connectivity index (χ0) is 24.3. The molecule has 1 amide bonds. The van der Waals surface area contributed by atoms with Gasteiger partial charge in [-0.05, 0) is 49.6 Å². The van der Waals surface area contributed by atoms with E-state index < -0.39 is 27.2 Å². The number of halogens is 2. The van der Waals surface area contributed by atoms with Crippen LogP contribution in [-0.2, 0) is 15.6 Å². The highest BCUT2D eigenvalue weighted by Gasteiger charge is 2.46. The Morgan fingerprint density at radius 1 is 1.18 bits per heavy atom. The number of hydrogen-bond acceptors (Lipinski definition) is 7. The molecular weight excluding hydrogens is 468 g/mol. The highest BCUT2D eigenvalue weighted by atomic mass is 32.2. The van der Waals surface area contributed by atoms with Crippen LogP contribution in [0.1, 0.15) is 35.8 Å². The van der Waals surface area contributed by atoms with Crippen LogP contribution >= 0.6 is 0 Å². The molecule has 2 N–H and O–H groups in total. The Bertz CT molecular complexity index is 1300. The third-order valence-corrected chi connectivity index (χ3v) is 6.20. The number of nitrogens with zero attached hydrogens (tertiary/aromatic N) is 3. The monoisotopic (exact) mass is 489 g/mol. The van der Waals surface area contributed by atoms with Gasteiger partial charge in [-0.15, -0.1) is 0 Å². The number of ether oxygens (including phenoxy) is 1. The van der Waals surface area contributed by atoms with E-state index in [-0.39, 0.29) is 11.4 Å². The molecular formula is C22H21F2N5O4S. The molecule has 2 heterocycles. The van der Waals surface area contributed by atoms with Crippen molar-refractivity contribution in [1.29, 1.82) is 0 Å². The summed E-state index contributed by atoms with van der Waals surface area (Å²) in [6.07, 6.45) is 5.80. The summed E-state index contributed by atoms with van der Waals surface area (Å²) in [6.45, 7) is 2.30. The van der Waals surface area contributed by atoms with Gasteiger partial charge in [0.25, 0.3) is 15.9 Å². The first kappa shape index (κ1) is 23.5. The minimum absolute atomic E-state index is 0.00352. The van der Waals surface area contributed by atoms with Crippen molar-refractivity contribution in [3.8, 4) is 17.1 Å². The molecule has 2 aromatic heterocycles. The zero-order valence-corrected chi connectivity index (χ0v) is 18.9. The summed E-state index contributed by atoms with van der Waals surface area (Å²) < 4.78 is 55.5. The summed E-state index contributed by atoms with van der Waals surface area (Å²) in [7, 11) is -4.79. The second-order valence-corrected chi connectivity index (χ2v) is 9.28. The minimum atomic E-state index is -4.79. The first-order chi connectivity index (χ1) is 16.2. The third-order valence-electron chi connectivity index (χ3n) is 5.21. The number of aromatic nitrogens is 3. The maximum Gasteiger partial charge on any atom is 0.355 e. The fourth-order valence-electron chi connectivity index (χ4n) is 3.37. The Balaban J connectivity index is 1.48. The first-order valence-electron chi connectivity index (χ1n) is 10.4. The minimum Gasteiger partial charge on any atom is -0.477 e. The maximum absolute atomic E-state index is 12.8. The number of amides is 1. The van der Waals surface area contributed by atoms with E-state index in [4.69, 9.17) is 4.74 Å². The van der Waals surface area contributed by atoms with Gasteiger partial charge in [0.15, 0.2) is 0 Å². The molecule has 0 radical (unpaired) electrons. The second kappa shape index (κ2) is 9.29. The number of anilines is 1. The van der Waals surface area contributed by atoms with Gasteiger partial charge in [-0.1, -0.05) is 12.1 Å². The van der Waals surface area contributed by atoms with Crippen molar-refractivity contribution in [2.75, 3.05) is 11.3 Å². The van der Waals surface area contributed by atoms with Gasteiger partial charge in [-0.3, -0.25) is 19.5 Å². The topological polar surface area (TPSA) is 123 Å². The van der Waals surface area contributed by atoms with Crippen molar-refractivity contribution >= 4 is 21.6 Å². The first-order valence-corrected chi connectivity index (χ1v) is 11.9. The van der Waals surface area contributed by atoms with E-state index in [1.165, 1.54) is 30.6 Å². The lowest BCUT2D eigenvalue weighted by molar-refractivity contribution is 0.0925. The molecule has 0 bridgehead atoms. The van der Waals surface area contributed by atoms with Crippen LogP contribution in [0.2, 0.25) is 0 Å². The molecule has 1 aromatic carbocycles. The molecule has 4 rings (SSSR count). The predicted octanol–water partition coefficient (Wildman–Crippen LogP) is 3.32. The van der Waals surface area contributed by atoms with Crippen LogP contribution in [0.25, 0.3) is 11.3 Å². The summed E-state index contributed by atoms with van der Waals surface area (Å²) in [4.78, 5) is 25.5. The number of carbonyl (C=O) groups is 1. The van der Waals surface area contributed by atoms with E-state index in [0.717, 1.165) is 0 Å². The highest BCUT2D eigenvalue weighted by Crippen LogP contribution is 2.46. The number of rotatable bonds is 9. The lowest BCUT2D eigenvalue weighted by Gasteiger charge is -2.19. The van der Waals surface area contributed by atoms with Crippen LogP contribution in [0.4, 0.5) is 14.5 Å². The Kier molecular flexibility index (Phi) is 6.42. The summed E-state index contributed by atoms with van der Waals surface area (Å²) in [5.74, 6) is -3.58. The van der Waals surface area contributed by atoms with Gasteiger partial charge in [0.05, 0.1) is 30.2 Å². The third kappa shape index (κ3) is 5.11. The fraction of sp³-hybridized carbons (Fsp3) is 0.273. The number of carbonyl (C=O) groups excluding carboxylic acids is 1. The average molecular weight is 490 g/mol. The number of sulfonamides is 1. The number of nitrogens with one attached hydrogen (secondary N) is 2. The molecule has 0 unspecified atom stereocenters. The Labute approximate surface area is 194 Å². The van der Waals surface area contributed by atoms with Crippen LogP contribution in [0, 0.1) is 0 Å². The van der Waals surface area contributed by atoms with E-state index in [0.29, 0.717) is 42.1 Å². The molecule has 0 aliphatic heterocycles. The molecule has 1 saturated carbocycles. The van der Waals surface area contributed by atoms with Crippen LogP contribution in [0.15, 0.2) is 55.0 Å². The maximum atomic E-state index is 12.8. The van der Waals surface area contributed by atoms with Crippen molar-refractivity contribution in [2.24, 2.45) is 0 Å². The van der Waals surface area contributed by atoms with E-state index in [1.807, 2.05) is 11.6 Å². The number of pyridine rings is 1. The van der Waals surface area contributed by atoms with Crippen molar-refractivity contribution < 1.29 is 26.7 Å². The van der Waals surface area contributed by atoms with Gasteiger partial charge in [0.1, 0.15) is 5.69 Å². The van der Waals surface area contributed by atoms with Crippen molar-refractivity contribution in [1.82, 2.24) is 20.3 Å². The molecule has 9 nitrogen and oxygen atoms in total. The van der Waals surface area contributed by atoms with Crippen molar-refractivity contribution in [3.05, 3.63) is 66.2 Å². The van der Waals surface area contributed by atoms with Crippen LogP contribution in [0.3, 0.4) is 0 Å². The summed E-state index contributed by atoms with van der Waals surface area (Å²) >= 11 is 0. The standard InChI is InChI=1S/C22H21F2N5O4S/c1-2-33-19-13-25-12-18(27-19)14-6-7-17(26-11-14)20(30)28-22(8-9-22)15-4-3-5-16(10-15)29-34(31,32)21(23)24/h3-7,10-13,21,29H,2,8-9H2,1H3,(H,28,30). The zero-order valence-electron chi connectivity index (χ0n) is 18.0. The van der Waals surface area contributed by atoms with Gasteiger partial charge in [-0.2, -0.15) is 8.78 Å². The molecule has 34 heavy (non-hydrogen) atoms. The van der Waals surface area contributed by atoms with Gasteiger partial charge in [0.2, 0.25) is 5.88 Å². The average Bonchev–Trinajstić information content (AvgIpc) is 3.60. The SMILES string of the molecule is CCOc1cncc(-c2ccc(C(=O)NC3(c4cccc(NS(=O)(=O)C(F)F)c4)CC3)nc2)n1. The Morgan fingerprint density at radius 3 is 2.62 bits per heavy atom. The molecule has 1 aliphatic rings. The summed E-state index contributed by atoms with van der Waals surface area (Å²) in [5, 5.41) is 2.92. The molecule has 12 heteroatoms. The number of alkyl halides is 2. The van der Waals surface area contributed by atoms with Crippen LogP contribution in [0.5, 0.6) is 5.88 Å². The molecule has 0 saturated heterocycles. The smallest absolute Gasteiger partial charge is 0.355 e. The molecule has 178 valence electrons. The van der Waals surface area contributed by atoms with E-state index in [9.17, 15) is 22.0 Å². The fourth-order valence-corrected chi connectivity index (χ4v) is 3.91. The van der Waals surface area contributed by atoms with Crippen LogP contribution < -0.4 is 14.8 Å². The van der Waals surface area contributed by atoms with E-state index in [2.05, 4.69) is 20.3 Å². The number of benzene rings is 1. The number of hydrogen-bond donors (Lipinski definition) is 2. The quantitative estimate of drug-likeness (QED) is 0.473. The van der Waals surface area contributed by atoms with Gasteiger partial charge < -0.3 is 10.1 Å². The van der Waals surface area contributed by atoms with Crippen molar-refractivity contribution in [3.63, 3.8) is 0 Å². The van der Waals surface area contributed by atoms with Crippen LogP contribution in [-0.4, -0.2) is 41.6 Å². The van der Waals surface area contributed by atoms with Gasteiger partial charge in [-0.25, -0.2) is 13.4 Å².